The predicted octanol–water partition coefficient (Wildman–Crippen LogP) is 2.63. The molecule has 1 aromatic rings. The van der Waals surface area contributed by atoms with Gasteiger partial charge in [0.2, 0.25) is 0 Å². The first-order chi connectivity index (χ1) is 5.61. The van der Waals surface area contributed by atoms with Gasteiger partial charge in [-0.2, -0.15) is 0 Å². The van der Waals surface area contributed by atoms with Crippen molar-refractivity contribution in [1.29, 1.82) is 0 Å². The highest BCUT2D eigenvalue weighted by Crippen LogP contribution is 2.16. The molecule has 64 valence electrons. The van der Waals surface area contributed by atoms with Crippen LogP contribution in [0.4, 0.5) is 0 Å². The van der Waals surface area contributed by atoms with Gasteiger partial charge >= 0.3 is 0 Å². The van der Waals surface area contributed by atoms with Gasteiger partial charge in [-0.05, 0) is 17.7 Å². The van der Waals surface area contributed by atoms with Crippen LogP contribution in [0.5, 0.6) is 0 Å². The maximum Gasteiger partial charge on any atom is 0.0631 e. The zero-order valence-electron chi connectivity index (χ0n) is 6.79. The minimum absolute atomic E-state index is 0.548. The summed E-state index contributed by atoms with van der Waals surface area (Å²) in [6.45, 7) is 3.69. The Morgan fingerprint density at radius 1 is 1.42 bits per heavy atom. The molecule has 0 saturated carbocycles. The molecule has 1 rings (SSSR count). The number of hydrogen-bond acceptors (Lipinski definition) is 2. The highest BCUT2D eigenvalue weighted by Gasteiger charge is 2.00. The van der Waals surface area contributed by atoms with E-state index in [2.05, 4.69) is 6.58 Å². The molecule has 0 heterocycles. The molecule has 0 amide bonds. The highest BCUT2D eigenvalue weighted by atomic mass is 35.5. The van der Waals surface area contributed by atoms with Gasteiger partial charge in [-0.15, -0.1) is 0 Å². The van der Waals surface area contributed by atoms with Crippen molar-refractivity contribution in [3.05, 3.63) is 41.4 Å². The standard InChI is InChI=1S/C9H10ClNO/c1-7(11(2)12)8-3-5-9(10)6-4-8/h3-6,12H,1H2,2H3. The number of halogens is 1. The van der Waals surface area contributed by atoms with Crippen LogP contribution in [0.3, 0.4) is 0 Å². The highest BCUT2D eigenvalue weighted by molar-refractivity contribution is 6.30. The van der Waals surface area contributed by atoms with Crippen LogP contribution in [0.15, 0.2) is 30.8 Å². The average molecular weight is 184 g/mol. The van der Waals surface area contributed by atoms with Crippen LogP contribution in [0.25, 0.3) is 5.70 Å². The lowest BCUT2D eigenvalue weighted by Gasteiger charge is -2.13. The van der Waals surface area contributed by atoms with E-state index in [-0.39, 0.29) is 0 Å². The lowest BCUT2D eigenvalue weighted by atomic mass is 10.2. The van der Waals surface area contributed by atoms with Crippen molar-refractivity contribution >= 4 is 17.3 Å². The van der Waals surface area contributed by atoms with Gasteiger partial charge in [0, 0.05) is 12.1 Å². The van der Waals surface area contributed by atoms with E-state index in [1.54, 1.807) is 24.3 Å². The average Bonchev–Trinajstić information content (AvgIpc) is 2.04. The molecule has 12 heavy (non-hydrogen) atoms. The summed E-state index contributed by atoms with van der Waals surface area (Å²) in [5.74, 6) is 0. The van der Waals surface area contributed by atoms with Crippen molar-refractivity contribution in [1.82, 2.24) is 5.06 Å². The largest absolute Gasteiger partial charge is 0.289 e. The molecule has 3 heteroatoms. The van der Waals surface area contributed by atoms with Gasteiger partial charge in [0.05, 0.1) is 5.70 Å². The van der Waals surface area contributed by atoms with Crippen molar-refractivity contribution in [2.75, 3.05) is 7.05 Å². The summed E-state index contributed by atoms with van der Waals surface area (Å²) in [7, 11) is 1.52. The zero-order valence-corrected chi connectivity index (χ0v) is 7.54. The molecule has 0 atom stereocenters. The molecule has 0 radical (unpaired) electrons. The van der Waals surface area contributed by atoms with Crippen molar-refractivity contribution in [3.63, 3.8) is 0 Å². The van der Waals surface area contributed by atoms with E-state index < -0.39 is 0 Å². The second-order valence-electron chi connectivity index (χ2n) is 2.48. The van der Waals surface area contributed by atoms with E-state index in [9.17, 15) is 0 Å². The SMILES string of the molecule is C=C(c1ccc(Cl)cc1)N(C)O. The molecule has 0 bridgehead atoms. The van der Waals surface area contributed by atoms with Crippen LogP contribution < -0.4 is 0 Å². The maximum atomic E-state index is 9.04. The minimum Gasteiger partial charge on any atom is -0.289 e. The van der Waals surface area contributed by atoms with Crippen LogP contribution in [0, 0.1) is 0 Å². The topological polar surface area (TPSA) is 23.5 Å². The molecular weight excluding hydrogens is 174 g/mol. The van der Waals surface area contributed by atoms with E-state index in [1.807, 2.05) is 0 Å². The van der Waals surface area contributed by atoms with Crippen molar-refractivity contribution < 1.29 is 5.21 Å². The summed E-state index contributed by atoms with van der Waals surface area (Å²) >= 11 is 5.69. The van der Waals surface area contributed by atoms with Crippen LogP contribution in [-0.4, -0.2) is 17.3 Å². The van der Waals surface area contributed by atoms with E-state index in [1.165, 1.54) is 7.05 Å². The Hall–Kier alpha value is -0.990. The van der Waals surface area contributed by atoms with Gasteiger partial charge in [0.25, 0.3) is 0 Å². The van der Waals surface area contributed by atoms with Gasteiger partial charge in [-0.3, -0.25) is 10.3 Å². The number of hydrogen-bond donors (Lipinski definition) is 1. The summed E-state index contributed by atoms with van der Waals surface area (Å²) in [6.07, 6.45) is 0. The molecule has 0 unspecified atom stereocenters. The summed E-state index contributed by atoms with van der Waals surface area (Å²) in [5.41, 5.74) is 1.40. The first-order valence-electron chi connectivity index (χ1n) is 3.48. The fraction of sp³-hybridized carbons (Fsp3) is 0.111. The number of rotatable bonds is 2. The molecule has 0 spiro atoms. The van der Waals surface area contributed by atoms with Gasteiger partial charge in [-0.1, -0.05) is 30.3 Å². The van der Waals surface area contributed by atoms with E-state index in [0.717, 1.165) is 10.6 Å². The fourth-order valence-corrected chi connectivity index (χ4v) is 0.955. The zero-order chi connectivity index (χ0) is 9.14. The van der Waals surface area contributed by atoms with Crippen LogP contribution in [-0.2, 0) is 0 Å². The van der Waals surface area contributed by atoms with Gasteiger partial charge < -0.3 is 0 Å². The van der Waals surface area contributed by atoms with Gasteiger partial charge in [0.15, 0.2) is 0 Å². The molecule has 0 fully saturated rings. The lowest BCUT2D eigenvalue weighted by molar-refractivity contribution is 0.00110. The Kier molecular flexibility index (Phi) is 2.74. The van der Waals surface area contributed by atoms with Crippen LogP contribution in [0.1, 0.15) is 5.56 Å². The van der Waals surface area contributed by atoms with E-state index >= 15 is 0 Å². The Balaban J connectivity index is 2.90. The minimum atomic E-state index is 0.548. The third-order valence-corrected chi connectivity index (χ3v) is 1.82. The van der Waals surface area contributed by atoms with Gasteiger partial charge in [-0.25, -0.2) is 0 Å². The van der Waals surface area contributed by atoms with E-state index in [4.69, 9.17) is 16.8 Å². The molecule has 1 N–H and O–H groups in total. The summed E-state index contributed by atoms with van der Waals surface area (Å²) in [4.78, 5) is 0. The molecule has 0 aliphatic rings. The monoisotopic (exact) mass is 183 g/mol. The van der Waals surface area contributed by atoms with Crippen LogP contribution in [0.2, 0.25) is 5.02 Å². The second kappa shape index (κ2) is 3.61. The molecule has 0 aliphatic heterocycles. The summed E-state index contributed by atoms with van der Waals surface area (Å²) < 4.78 is 0. The number of nitrogens with zero attached hydrogens (tertiary/aromatic N) is 1. The first kappa shape index (κ1) is 9.10. The molecule has 0 aliphatic carbocycles. The van der Waals surface area contributed by atoms with Gasteiger partial charge in [0.1, 0.15) is 0 Å². The molecule has 2 nitrogen and oxygen atoms in total. The Morgan fingerprint density at radius 2 is 1.92 bits per heavy atom. The normalized spacial score (nSPS) is 9.58. The molecule has 0 aromatic heterocycles. The van der Waals surface area contributed by atoms with E-state index in [0.29, 0.717) is 10.7 Å². The summed E-state index contributed by atoms with van der Waals surface area (Å²) in [5, 5.41) is 10.7. The molecular formula is C9H10ClNO. The van der Waals surface area contributed by atoms with Crippen molar-refractivity contribution in [3.8, 4) is 0 Å². The Labute approximate surface area is 76.6 Å². The third kappa shape index (κ3) is 2.00. The number of hydroxylamine groups is 2. The first-order valence-corrected chi connectivity index (χ1v) is 3.86. The lowest BCUT2D eigenvalue weighted by Crippen LogP contribution is -2.09. The smallest absolute Gasteiger partial charge is 0.0631 e. The second-order valence-corrected chi connectivity index (χ2v) is 2.91. The summed E-state index contributed by atoms with van der Waals surface area (Å²) in [6, 6.07) is 7.12. The molecule has 0 saturated heterocycles. The van der Waals surface area contributed by atoms with Crippen LogP contribution >= 0.6 is 11.6 Å². The Bertz CT molecular complexity index is 279. The maximum absolute atomic E-state index is 9.04. The molecule has 1 aromatic carbocycles. The Morgan fingerprint density at radius 3 is 2.33 bits per heavy atom. The fourth-order valence-electron chi connectivity index (χ4n) is 0.829. The quantitative estimate of drug-likeness (QED) is 0.713. The van der Waals surface area contributed by atoms with Crippen molar-refractivity contribution in [2.24, 2.45) is 0 Å². The third-order valence-electron chi connectivity index (χ3n) is 1.57. The predicted molar refractivity (Wildman–Crippen MR) is 50.0 cm³/mol. The van der Waals surface area contributed by atoms with Crippen molar-refractivity contribution in [2.45, 2.75) is 0 Å². The number of benzene rings is 1.